The number of nitrogens with zero attached hydrogens (tertiary/aromatic N) is 1. The highest BCUT2D eigenvalue weighted by molar-refractivity contribution is 5.96. The fraction of sp³-hybridized carbons (Fsp3) is 0.167. The van der Waals surface area contributed by atoms with E-state index in [0.717, 1.165) is 11.1 Å². The summed E-state index contributed by atoms with van der Waals surface area (Å²) in [6.45, 7) is 1.93. The molecule has 2 atom stereocenters. The molecule has 2 unspecified atom stereocenters. The van der Waals surface area contributed by atoms with E-state index in [1.807, 2.05) is 97.9 Å². The molecule has 3 aromatic rings. The number of rotatable bonds is 6. The maximum Gasteiger partial charge on any atom is 0.163 e. The number of ketones is 1. The quantitative estimate of drug-likeness (QED) is 0.554. The van der Waals surface area contributed by atoms with Crippen molar-refractivity contribution in [3.63, 3.8) is 0 Å². The van der Waals surface area contributed by atoms with E-state index in [2.05, 4.69) is 6.07 Å². The number of carbonyl (C=O) groups is 1. The molecule has 128 valence electrons. The van der Waals surface area contributed by atoms with Gasteiger partial charge in [0.2, 0.25) is 0 Å². The number of carbonyl (C=O) groups excluding carboxylic acids is 1. The number of hydrogen-bond acceptors (Lipinski definition) is 2. The molecule has 0 bridgehead atoms. The van der Waals surface area contributed by atoms with E-state index in [9.17, 15) is 10.1 Å². The SMILES string of the molecule is CC(C#N)(c1ccccc1)C(CC(=O)c1ccccc1)c1ccccc1. The highest BCUT2D eigenvalue weighted by Gasteiger charge is 2.38. The number of benzene rings is 3. The lowest BCUT2D eigenvalue weighted by atomic mass is 9.67. The van der Waals surface area contributed by atoms with Gasteiger partial charge in [-0.15, -0.1) is 0 Å². The molecule has 0 aromatic heterocycles. The van der Waals surface area contributed by atoms with E-state index in [-0.39, 0.29) is 18.1 Å². The van der Waals surface area contributed by atoms with Crippen LogP contribution in [0.1, 0.15) is 40.7 Å². The smallest absolute Gasteiger partial charge is 0.163 e. The molecule has 0 saturated heterocycles. The molecular formula is C24H21NO. The Labute approximate surface area is 154 Å². The Morgan fingerprint density at radius 1 is 0.885 bits per heavy atom. The van der Waals surface area contributed by atoms with Gasteiger partial charge in [0.05, 0.1) is 11.5 Å². The number of hydrogen-bond donors (Lipinski definition) is 0. The summed E-state index contributed by atoms with van der Waals surface area (Å²) in [6.07, 6.45) is 0.285. The molecule has 2 heteroatoms. The second-order valence-electron chi connectivity index (χ2n) is 6.64. The van der Waals surface area contributed by atoms with Crippen molar-refractivity contribution in [3.8, 4) is 6.07 Å². The second-order valence-corrected chi connectivity index (χ2v) is 6.64. The molecule has 0 aliphatic rings. The zero-order valence-corrected chi connectivity index (χ0v) is 14.8. The molecule has 0 N–H and O–H groups in total. The third-order valence-electron chi connectivity index (χ3n) is 4.99. The maximum absolute atomic E-state index is 12.9. The van der Waals surface area contributed by atoms with Crippen molar-refractivity contribution in [1.82, 2.24) is 0 Å². The first-order valence-corrected chi connectivity index (χ1v) is 8.75. The van der Waals surface area contributed by atoms with Crippen molar-refractivity contribution >= 4 is 5.78 Å². The normalized spacial score (nSPS) is 14.0. The standard InChI is InChI=1S/C24H21NO/c1-24(18-25,21-15-9-4-10-16-21)22(19-11-5-2-6-12-19)17-23(26)20-13-7-3-8-14-20/h2-16,22H,17H2,1H3. The number of nitriles is 1. The zero-order valence-electron chi connectivity index (χ0n) is 14.8. The van der Waals surface area contributed by atoms with Gasteiger partial charge in [0.15, 0.2) is 5.78 Å². The minimum atomic E-state index is -0.799. The van der Waals surface area contributed by atoms with Gasteiger partial charge in [0, 0.05) is 17.9 Å². The summed E-state index contributed by atoms with van der Waals surface area (Å²) in [6, 6.07) is 31.4. The Morgan fingerprint density at radius 2 is 1.38 bits per heavy atom. The van der Waals surface area contributed by atoms with E-state index in [1.54, 1.807) is 0 Å². The average molecular weight is 339 g/mol. The largest absolute Gasteiger partial charge is 0.294 e. The van der Waals surface area contributed by atoms with Crippen LogP contribution in [0, 0.1) is 11.3 Å². The molecule has 0 spiro atoms. The van der Waals surface area contributed by atoms with Crippen LogP contribution in [0.3, 0.4) is 0 Å². The fourth-order valence-electron chi connectivity index (χ4n) is 3.40. The molecule has 0 radical (unpaired) electrons. The first-order valence-electron chi connectivity index (χ1n) is 8.75. The minimum Gasteiger partial charge on any atom is -0.294 e. The molecule has 0 amide bonds. The summed E-state index contributed by atoms with van der Waals surface area (Å²) in [4.78, 5) is 12.9. The lowest BCUT2D eigenvalue weighted by Crippen LogP contribution is -2.30. The average Bonchev–Trinajstić information content (AvgIpc) is 2.73. The summed E-state index contributed by atoms with van der Waals surface area (Å²) in [5.41, 5.74) is 1.82. The van der Waals surface area contributed by atoms with Crippen LogP contribution >= 0.6 is 0 Å². The highest BCUT2D eigenvalue weighted by atomic mass is 16.1. The molecule has 0 heterocycles. The Balaban J connectivity index is 2.04. The van der Waals surface area contributed by atoms with Gasteiger partial charge in [0.1, 0.15) is 0 Å². The zero-order chi connectivity index (χ0) is 18.4. The fourth-order valence-corrected chi connectivity index (χ4v) is 3.40. The van der Waals surface area contributed by atoms with Gasteiger partial charge < -0.3 is 0 Å². The first-order chi connectivity index (χ1) is 12.6. The van der Waals surface area contributed by atoms with Crippen LogP contribution < -0.4 is 0 Å². The Kier molecular flexibility index (Phi) is 5.29. The van der Waals surface area contributed by atoms with E-state index >= 15 is 0 Å². The Hall–Kier alpha value is -3.18. The molecule has 3 rings (SSSR count). The van der Waals surface area contributed by atoms with E-state index in [1.165, 1.54) is 0 Å². The summed E-state index contributed by atoms with van der Waals surface area (Å²) < 4.78 is 0. The highest BCUT2D eigenvalue weighted by Crippen LogP contribution is 2.41. The third-order valence-corrected chi connectivity index (χ3v) is 4.99. The van der Waals surface area contributed by atoms with Crippen LogP contribution in [0.25, 0.3) is 0 Å². The lowest BCUT2D eigenvalue weighted by molar-refractivity contribution is 0.0965. The summed E-state index contributed by atoms with van der Waals surface area (Å²) in [7, 11) is 0. The van der Waals surface area contributed by atoms with Crippen LogP contribution in [0.15, 0.2) is 91.0 Å². The van der Waals surface area contributed by atoms with Crippen LogP contribution in [-0.4, -0.2) is 5.78 Å². The van der Waals surface area contributed by atoms with Gasteiger partial charge in [-0.1, -0.05) is 91.0 Å². The molecule has 0 aliphatic carbocycles. The monoisotopic (exact) mass is 339 g/mol. The molecule has 2 nitrogen and oxygen atoms in total. The van der Waals surface area contributed by atoms with Crippen molar-refractivity contribution in [2.24, 2.45) is 0 Å². The topological polar surface area (TPSA) is 40.9 Å². The van der Waals surface area contributed by atoms with Crippen LogP contribution in [0.2, 0.25) is 0 Å². The predicted molar refractivity (Wildman–Crippen MR) is 104 cm³/mol. The first kappa shape index (κ1) is 17.6. The second kappa shape index (κ2) is 7.80. The molecule has 26 heavy (non-hydrogen) atoms. The lowest BCUT2D eigenvalue weighted by Gasteiger charge is -2.32. The van der Waals surface area contributed by atoms with Crippen LogP contribution in [-0.2, 0) is 5.41 Å². The van der Waals surface area contributed by atoms with Gasteiger partial charge in [-0.3, -0.25) is 4.79 Å². The molecule has 0 fully saturated rings. The van der Waals surface area contributed by atoms with Crippen molar-refractivity contribution < 1.29 is 4.79 Å². The molecule has 0 aliphatic heterocycles. The summed E-state index contributed by atoms with van der Waals surface area (Å²) in [5.74, 6) is -0.180. The van der Waals surface area contributed by atoms with E-state index in [4.69, 9.17) is 0 Å². The van der Waals surface area contributed by atoms with Crippen LogP contribution in [0.5, 0.6) is 0 Å². The molecular weight excluding hydrogens is 318 g/mol. The number of Topliss-reactive ketones (excluding diaryl/α,β-unsaturated/α-hetero) is 1. The van der Waals surface area contributed by atoms with Crippen molar-refractivity contribution in [1.29, 1.82) is 5.26 Å². The Morgan fingerprint density at radius 3 is 1.92 bits per heavy atom. The predicted octanol–water partition coefficient (Wildman–Crippen LogP) is 5.52. The van der Waals surface area contributed by atoms with Gasteiger partial charge in [-0.25, -0.2) is 0 Å². The van der Waals surface area contributed by atoms with E-state index < -0.39 is 5.41 Å². The third kappa shape index (κ3) is 3.58. The summed E-state index contributed by atoms with van der Waals surface area (Å²) in [5, 5.41) is 10.1. The van der Waals surface area contributed by atoms with Gasteiger partial charge >= 0.3 is 0 Å². The van der Waals surface area contributed by atoms with Crippen LogP contribution in [0.4, 0.5) is 0 Å². The Bertz CT molecular complexity index is 897. The molecule has 0 saturated carbocycles. The van der Waals surface area contributed by atoms with Crippen molar-refractivity contribution in [2.75, 3.05) is 0 Å². The van der Waals surface area contributed by atoms with Crippen molar-refractivity contribution in [3.05, 3.63) is 108 Å². The van der Waals surface area contributed by atoms with E-state index in [0.29, 0.717) is 5.56 Å². The summed E-state index contributed by atoms with van der Waals surface area (Å²) >= 11 is 0. The van der Waals surface area contributed by atoms with Gasteiger partial charge in [0.25, 0.3) is 0 Å². The van der Waals surface area contributed by atoms with Gasteiger partial charge in [-0.05, 0) is 18.1 Å². The molecule has 3 aromatic carbocycles. The maximum atomic E-state index is 12.9. The van der Waals surface area contributed by atoms with Crippen molar-refractivity contribution in [2.45, 2.75) is 24.7 Å². The minimum absolute atomic E-state index is 0.0526. The van der Waals surface area contributed by atoms with Gasteiger partial charge in [-0.2, -0.15) is 5.26 Å².